The predicted octanol–water partition coefficient (Wildman–Crippen LogP) is 3.21. The number of hydrogen-bond acceptors (Lipinski definition) is 3. The number of hydrogen-bond donors (Lipinski definition) is 1. The minimum absolute atomic E-state index is 0.0324. The molecule has 1 N–H and O–H groups in total. The maximum atomic E-state index is 12.7. The van der Waals surface area contributed by atoms with Crippen LogP contribution in [0, 0.1) is 0 Å². The van der Waals surface area contributed by atoms with Gasteiger partial charge in [-0.25, -0.2) is 0 Å². The molecule has 4 rings (SSSR count). The van der Waals surface area contributed by atoms with E-state index in [1.54, 1.807) is 30.3 Å². The third-order valence-corrected chi connectivity index (χ3v) is 7.60. The Balaban J connectivity index is 1.40. The van der Waals surface area contributed by atoms with Gasteiger partial charge in [-0.15, -0.1) is 0 Å². The molecule has 0 spiro atoms. The molecule has 0 aliphatic heterocycles. The fraction of sp³-hybridized carbons (Fsp3) is 0.160. The van der Waals surface area contributed by atoms with Crippen molar-refractivity contribution in [2.75, 3.05) is 6.54 Å². The summed E-state index contributed by atoms with van der Waals surface area (Å²) < 4.78 is 2.89. The van der Waals surface area contributed by atoms with Gasteiger partial charge in [0.25, 0.3) is 0 Å². The third kappa shape index (κ3) is 4.61. The van der Waals surface area contributed by atoms with Crippen LogP contribution in [-0.2, 0) is 11.3 Å². The quantitative estimate of drug-likeness (QED) is 0.328. The first-order valence-electron chi connectivity index (χ1n) is 10.1. The summed E-state index contributed by atoms with van der Waals surface area (Å²) >= 11 is -0.0455. The van der Waals surface area contributed by atoms with Crippen LogP contribution in [0.15, 0.2) is 83.7 Å². The number of amides is 1. The second kappa shape index (κ2) is 9.29. The summed E-state index contributed by atoms with van der Waals surface area (Å²) in [5.74, 6) is -0.592. The van der Waals surface area contributed by atoms with Crippen molar-refractivity contribution in [1.29, 1.82) is 0 Å². The summed E-state index contributed by atoms with van der Waals surface area (Å²) in [7, 11) is 0. The number of ketones is 1. The van der Waals surface area contributed by atoms with Gasteiger partial charge in [0.2, 0.25) is 0 Å². The Morgan fingerprint density at radius 3 is 2.42 bits per heavy atom. The molecule has 0 aliphatic carbocycles. The minimum atomic E-state index is -0.402. The maximum absolute atomic E-state index is 12.7. The number of fused-ring (bicyclic) bond motifs is 1. The number of rotatable bonds is 7. The van der Waals surface area contributed by atoms with Crippen molar-refractivity contribution in [2.24, 2.45) is 0 Å². The first-order chi connectivity index (χ1) is 15.0. The summed E-state index contributed by atoms with van der Waals surface area (Å²) in [5.41, 5.74) is 2.00. The fourth-order valence-corrected chi connectivity index (χ4v) is 5.54. The average molecular weight is 477 g/mol. The van der Waals surface area contributed by atoms with E-state index in [1.807, 2.05) is 59.0 Å². The summed E-state index contributed by atoms with van der Waals surface area (Å²) in [4.78, 5) is 37.8. The van der Waals surface area contributed by atoms with Gasteiger partial charge in [-0.05, 0) is 0 Å². The fourth-order valence-electron chi connectivity index (χ4n) is 3.46. The van der Waals surface area contributed by atoms with Crippen molar-refractivity contribution >= 4 is 36.1 Å². The molecular weight excluding hydrogens is 455 g/mol. The van der Waals surface area contributed by atoms with E-state index in [4.69, 9.17) is 0 Å². The Labute approximate surface area is 186 Å². The predicted molar refractivity (Wildman–Crippen MR) is 123 cm³/mol. The molecule has 1 amide bonds. The van der Waals surface area contributed by atoms with Crippen LogP contribution >= 0.6 is 0 Å². The molecular formula is C25H22N2O3Se. The Hall–Kier alpha value is -3.21. The standard InChI is InChI=1S/C25H22N2O3Se/c1-17(19-10-7-11-20(16-19)23(28)18-8-3-2-4-9-18)24(29)26-14-15-27-25(30)21-12-5-6-13-22(21)31-27/h2-13,16-17H,14-15H2,1H3,(H,26,29). The molecule has 0 aliphatic rings. The molecule has 0 saturated carbocycles. The number of nitrogens with zero attached hydrogens (tertiary/aromatic N) is 1. The van der Waals surface area contributed by atoms with Gasteiger partial charge in [-0.3, -0.25) is 0 Å². The van der Waals surface area contributed by atoms with Gasteiger partial charge in [0, 0.05) is 0 Å². The number of carbonyl (C=O) groups excluding carboxylic acids is 2. The second-order valence-corrected chi connectivity index (χ2v) is 9.56. The van der Waals surface area contributed by atoms with Gasteiger partial charge in [-0.1, -0.05) is 18.2 Å². The molecule has 0 radical (unpaired) electrons. The first kappa shape index (κ1) is 21.0. The van der Waals surface area contributed by atoms with Crippen LogP contribution in [0.25, 0.3) is 9.65 Å². The summed E-state index contributed by atoms with van der Waals surface area (Å²) in [6.07, 6.45) is 0. The monoisotopic (exact) mass is 478 g/mol. The average Bonchev–Trinajstić information content (AvgIpc) is 3.14. The Morgan fingerprint density at radius 1 is 0.935 bits per heavy atom. The molecule has 1 atom stereocenters. The van der Waals surface area contributed by atoms with Crippen LogP contribution in [0.4, 0.5) is 0 Å². The van der Waals surface area contributed by atoms with Gasteiger partial charge in [0.15, 0.2) is 0 Å². The number of carbonyl (C=O) groups is 2. The van der Waals surface area contributed by atoms with E-state index in [-0.39, 0.29) is 32.0 Å². The topological polar surface area (TPSA) is 68.2 Å². The molecule has 0 fully saturated rings. The molecule has 31 heavy (non-hydrogen) atoms. The summed E-state index contributed by atoms with van der Waals surface area (Å²) in [6, 6.07) is 24.0. The van der Waals surface area contributed by atoms with Crippen LogP contribution in [0.3, 0.4) is 0 Å². The molecule has 5 nitrogen and oxygen atoms in total. The molecule has 1 unspecified atom stereocenters. The zero-order valence-electron chi connectivity index (χ0n) is 17.1. The number of nitrogens with one attached hydrogen (secondary N) is 1. The Kier molecular flexibility index (Phi) is 6.31. The van der Waals surface area contributed by atoms with Crippen molar-refractivity contribution in [3.8, 4) is 0 Å². The van der Waals surface area contributed by atoms with Gasteiger partial charge >= 0.3 is 168 Å². The van der Waals surface area contributed by atoms with Gasteiger partial charge in [-0.2, -0.15) is 0 Å². The first-order valence-corrected chi connectivity index (χ1v) is 11.7. The van der Waals surface area contributed by atoms with Crippen molar-refractivity contribution < 1.29 is 9.59 Å². The van der Waals surface area contributed by atoms with Crippen LogP contribution in [-0.4, -0.2) is 36.5 Å². The van der Waals surface area contributed by atoms with E-state index in [9.17, 15) is 14.4 Å². The van der Waals surface area contributed by atoms with Crippen molar-refractivity contribution in [1.82, 2.24) is 8.88 Å². The summed E-state index contributed by atoms with van der Waals surface area (Å²) in [6.45, 7) is 2.70. The van der Waals surface area contributed by atoms with Crippen LogP contribution in [0.1, 0.15) is 34.3 Å². The Morgan fingerprint density at radius 2 is 1.65 bits per heavy atom. The number of aromatic nitrogens is 1. The van der Waals surface area contributed by atoms with Crippen LogP contribution < -0.4 is 10.9 Å². The zero-order chi connectivity index (χ0) is 21.8. The van der Waals surface area contributed by atoms with Gasteiger partial charge in [0.1, 0.15) is 0 Å². The van der Waals surface area contributed by atoms with E-state index in [0.29, 0.717) is 24.2 Å². The SMILES string of the molecule is CC(C(=O)NCCn1[se]c2ccccc2c1=O)c1cccc(C(=O)c2ccccc2)c1. The Bertz CT molecular complexity index is 1290. The molecule has 6 heteroatoms. The molecule has 1 heterocycles. The van der Waals surface area contributed by atoms with E-state index in [2.05, 4.69) is 5.32 Å². The summed E-state index contributed by atoms with van der Waals surface area (Å²) in [5, 5.41) is 3.69. The van der Waals surface area contributed by atoms with Crippen LogP contribution in [0.2, 0.25) is 0 Å². The van der Waals surface area contributed by atoms with Gasteiger partial charge < -0.3 is 0 Å². The normalized spacial score (nSPS) is 11.9. The van der Waals surface area contributed by atoms with Gasteiger partial charge in [0.05, 0.1) is 0 Å². The molecule has 156 valence electrons. The van der Waals surface area contributed by atoms with Crippen molar-refractivity contribution in [3.63, 3.8) is 0 Å². The molecule has 1 aromatic heterocycles. The second-order valence-electron chi connectivity index (χ2n) is 7.33. The third-order valence-electron chi connectivity index (χ3n) is 5.24. The van der Waals surface area contributed by atoms with E-state index in [0.717, 1.165) is 15.2 Å². The van der Waals surface area contributed by atoms with E-state index < -0.39 is 5.92 Å². The van der Waals surface area contributed by atoms with E-state index >= 15 is 0 Å². The molecule has 0 saturated heterocycles. The molecule has 3 aromatic carbocycles. The van der Waals surface area contributed by atoms with Crippen LogP contribution in [0.5, 0.6) is 0 Å². The van der Waals surface area contributed by atoms with E-state index in [1.165, 1.54) is 0 Å². The zero-order valence-corrected chi connectivity index (χ0v) is 18.8. The molecule has 4 aromatic rings. The number of benzene rings is 3. The van der Waals surface area contributed by atoms with Crippen molar-refractivity contribution in [2.45, 2.75) is 19.4 Å². The van der Waals surface area contributed by atoms with Crippen molar-refractivity contribution in [3.05, 3.63) is 106 Å². The molecule has 0 bridgehead atoms.